The van der Waals surface area contributed by atoms with Crippen LogP contribution in [0.5, 0.6) is 0 Å². The summed E-state index contributed by atoms with van der Waals surface area (Å²) in [6, 6.07) is 12.1. The van der Waals surface area contributed by atoms with Gasteiger partial charge in [0.15, 0.2) is 0 Å². The lowest BCUT2D eigenvalue weighted by molar-refractivity contribution is -0.135. The first-order chi connectivity index (χ1) is 13.9. The highest BCUT2D eigenvalue weighted by Crippen LogP contribution is 2.24. The summed E-state index contributed by atoms with van der Waals surface area (Å²) in [5.74, 6) is -0.365. The lowest BCUT2D eigenvalue weighted by Gasteiger charge is -2.24. The monoisotopic (exact) mass is 410 g/mol. The third-order valence-electron chi connectivity index (χ3n) is 5.00. The Labute approximate surface area is 171 Å². The maximum atomic E-state index is 13.4. The van der Waals surface area contributed by atoms with E-state index >= 15 is 0 Å². The van der Waals surface area contributed by atoms with Gasteiger partial charge >= 0.3 is 0 Å². The molecule has 7 nitrogen and oxygen atoms in total. The van der Waals surface area contributed by atoms with Crippen LogP contribution < -0.4 is 16.2 Å². The van der Waals surface area contributed by atoms with E-state index in [9.17, 15) is 14.4 Å². The number of halogens is 1. The largest absolute Gasteiger partial charge is 0.380 e. The number of anilines is 1. The quantitative estimate of drug-likeness (QED) is 0.645. The van der Waals surface area contributed by atoms with E-state index in [0.29, 0.717) is 34.0 Å². The highest BCUT2D eigenvalue weighted by atomic mass is 35.5. The van der Waals surface area contributed by atoms with E-state index in [0.717, 1.165) is 5.56 Å². The number of carbonyl (C=O) groups excluding carboxylic acids is 2. The zero-order chi connectivity index (χ0) is 20.5. The van der Waals surface area contributed by atoms with E-state index < -0.39 is 11.9 Å². The second-order valence-electron chi connectivity index (χ2n) is 6.98. The van der Waals surface area contributed by atoms with Gasteiger partial charge in [-0.05, 0) is 43.2 Å². The van der Waals surface area contributed by atoms with Gasteiger partial charge < -0.3 is 5.32 Å². The Bertz CT molecular complexity index is 1190. The molecular weight excluding hydrogens is 392 g/mol. The number of amides is 2. The predicted molar refractivity (Wildman–Crippen MR) is 111 cm³/mol. The smallest absolute Gasteiger partial charge is 0.264 e. The van der Waals surface area contributed by atoms with Gasteiger partial charge in [-0.25, -0.2) is 4.98 Å². The topological polar surface area (TPSA) is 93.1 Å². The van der Waals surface area contributed by atoms with E-state index in [2.05, 4.69) is 15.6 Å². The third-order valence-corrected chi connectivity index (χ3v) is 5.23. The minimum absolute atomic E-state index is 0.189. The fourth-order valence-corrected chi connectivity index (χ4v) is 3.85. The molecule has 1 aliphatic heterocycles. The lowest BCUT2D eigenvalue weighted by atomic mass is 10.1. The lowest BCUT2D eigenvalue weighted by Crippen LogP contribution is -2.45. The van der Waals surface area contributed by atoms with Crippen molar-refractivity contribution in [2.45, 2.75) is 32.4 Å². The van der Waals surface area contributed by atoms with Crippen LogP contribution in [0, 0.1) is 6.92 Å². The molecule has 1 saturated heterocycles. The Morgan fingerprint density at radius 3 is 2.76 bits per heavy atom. The van der Waals surface area contributed by atoms with Crippen molar-refractivity contribution in [2.24, 2.45) is 0 Å². The average molecular weight is 411 g/mol. The van der Waals surface area contributed by atoms with Crippen molar-refractivity contribution < 1.29 is 9.59 Å². The Kier molecular flexibility index (Phi) is 5.07. The summed E-state index contributed by atoms with van der Waals surface area (Å²) < 4.78 is 1.38. The number of nitrogens with zero attached hydrogens (tertiary/aromatic N) is 2. The van der Waals surface area contributed by atoms with E-state index in [-0.39, 0.29) is 24.3 Å². The molecule has 0 aliphatic carbocycles. The van der Waals surface area contributed by atoms with Crippen LogP contribution in [0.2, 0.25) is 5.02 Å². The number of imide groups is 1. The van der Waals surface area contributed by atoms with Gasteiger partial charge in [-0.1, -0.05) is 29.8 Å². The molecule has 4 rings (SSSR count). The van der Waals surface area contributed by atoms with Crippen LogP contribution in [0.3, 0.4) is 0 Å². The first kappa shape index (κ1) is 19.1. The number of fused-ring (bicyclic) bond motifs is 1. The van der Waals surface area contributed by atoms with E-state index in [1.807, 2.05) is 24.3 Å². The van der Waals surface area contributed by atoms with Crippen molar-refractivity contribution in [3.63, 3.8) is 0 Å². The maximum absolute atomic E-state index is 13.4. The molecule has 8 heteroatoms. The molecule has 1 aliphatic rings. The molecular formula is C21H19ClN4O3. The number of hydrogen-bond donors (Lipinski definition) is 2. The molecule has 1 fully saturated rings. The van der Waals surface area contributed by atoms with Crippen LogP contribution in [0.1, 0.15) is 30.3 Å². The number of hydrogen-bond acceptors (Lipinski definition) is 5. The Hall–Kier alpha value is -3.19. The first-order valence-corrected chi connectivity index (χ1v) is 9.65. The van der Waals surface area contributed by atoms with Crippen LogP contribution in [0.15, 0.2) is 47.3 Å². The van der Waals surface area contributed by atoms with Crippen molar-refractivity contribution in [1.82, 2.24) is 14.9 Å². The molecule has 2 aromatic carbocycles. The molecule has 0 spiro atoms. The molecule has 148 valence electrons. The number of aryl methyl sites for hydroxylation is 1. The van der Waals surface area contributed by atoms with Gasteiger partial charge in [-0.15, -0.1) is 0 Å². The average Bonchev–Trinajstić information content (AvgIpc) is 2.67. The van der Waals surface area contributed by atoms with Crippen LogP contribution in [0.25, 0.3) is 10.9 Å². The molecule has 2 heterocycles. The molecule has 1 aromatic heterocycles. The highest BCUT2D eigenvalue weighted by Gasteiger charge is 2.30. The fraction of sp³-hybridized carbons (Fsp3) is 0.238. The van der Waals surface area contributed by atoms with E-state index in [1.165, 1.54) is 4.57 Å². The number of nitrogens with one attached hydrogen (secondary N) is 2. The summed E-state index contributed by atoms with van der Waals surface area (Å²) in [6.45, 7) is 2.17. The molecule has 3 aromatic rings. The number of rotatable bonds is 4. The summed E-state index contributed by atoms with van der Waals surface area (Å²) >= 11 is 6.04. The summed E-state index contributed by atoms with van der Waals surface area (Å²) in [7, 11) is 0. The summed E-state index contributed by atoms with van der Waals surface area (Å²) in [5.41, 5.74) is 1.84. The Morgan fingerprint density at radius 2 is 2.00 bits per heavy atom. The number of carbonyl (C=O) groups is 2. The number of aromatic nitrogens is 2. The first-order valence-electron chi connectivity index (χ1n) is 9.28. The van der Waals surface area contributed by atoms with Crippen molar-refractivity contribution in [3.05, 3.63) is 69.2 Å². The molecule has 29 heavy (non-hydrogen) atoms. The van der Waals surface area contributed by atoms with Crippen LogP contribution in [0.4, 0.5) is 5.69 Å². The van der Waals surface area contributed by atoms with Gasteiger partial charge in [-0.3, -0.25) is 24.3 Å². The van der Waals surface area contributed by atoms with E-state index in [4.69, 9.17) is 11.6 Å². The molecule has 2 amide bonds. The SMILES string of the molecule is Cc1nc2cccc(NCc3cccc(Cl)c3)c2c(=O)n1C1CCC(=O)NC1=O. The Morgan fingerprint density at radius 1 is 1.21 bits per heavy atom. The van der Waals surface area contributed by atoms with E-state index in [1.54, 1.807) is 25.1 Å². The minimum atomic E-state index is -0.752. The zero-order valence-corrected chi connectivity index (χ0v) is 16.5. The van der Waals surface area contributed by atoms with Crippen molar-refractivity contribution >= 4 is 40.0 Å². The summed E-state index contributed by atoms with van der Waals surface area (Å²) in [4.78, 5) is 41.7. The molecule has 0 saturated carbocycles. The van der Waals surface area contributed by atoms with Crippen LogP contribution in [-0.4, -0.2) is 21.4 Å². The van der Waals surface area contributed by atoms with Gasteiger partial charge in [0, 0.05) is 23.7 Å². The summed E-state index contributed by atoms with van der Waals surface area (Å²) in [6.07, 6.45) is 0.464. The third kappa shape index (κ3) is 3.73. The van der Waals surface area contributed by atoms with Crippen molar-refractivity contribution in [2.75, 3.05) is 5.32 Å². The normalized spacial score (nSPS) is 16.7. The van der Waals surface area contributed by atoms with Gasteiger partial charge in [-0.2, -0.15) is 0 Å². The van der Waals surface area contributed by atoms with Gasteiger partial charge in [0.05, 0.1) is 10.9 Å². The minimum Gasteiger partial charge on any atom is -0.380 e. The number of benzene rings is 2. The van der Waals surface area contributed by atoms with Gasteiger partial charge in [0.2, 0.25) is 11.8 Å². The standard InChI is InChI=1S/C21H19ClN4O3/c1-12-24-16-7-3-6-15(23-11-13-4-2-5-14(22)10-13)19(16)21(29)26(12)17-8-9-18(27)25-20(17)28/h2-7,10,17,23H,8-9,11H2,1H3,(H,25,27,28). The number of piperidine rings is 1. The van der Waals surface area contributed by atoms with Crippen molar-refractivity contribution in [3.8, 4) is 0 Å². The fourth-order valence-electron chi connectivity index (χ4n) is 3.64. The second-order valence-corrected chi connectivity index (χ2v) is 7.42. The molecule has 2 N–H and O–H groups in total. The summed E-state index contributed by atoms with van der Waals surface area (Å²) in [5, 5.41) is 6.62. The highest BCUT2D eigenvalue weighted by molar-refractivity contribution is 6.30. The van der Waals surface area contributed by atoms with Gasteiger partial charge in [0.25, 0.3) is 5.56 Å². The second kappa shape index (κ2) is 7.67. The zero-order valence-electron chi connectivity index (χ0n) is 15.7. The molecule has 1 atom stereocenters. The maximum Gasteiger partial charge on any atom is 0.264 e. The van der Waals surface area contributed by atoms with Crippen LogP contribution >= 0.6 is 11.6 Å². The molecule has 0 radical (unpaired) electrons. The molecule has 0 bridgehead atoms. The van der Waals surface area contributed by atoms with Crippen molar-refractivity contribution in [1.29, 1.82) is 0 Å². The Balaban J connectivity index is 1.76. The molecule has 1 unspecified atom stereocenters. The van der Waals surface area contributed by atoms with Gasteiger partial charge in [0.1, 0.15) is 11.9 Å². The van der Waals surface area contributed by atoms with Crippen LogP contribution in [-0.2, 0) is 16.1 Å². The predicted octanol–water partition coefficient (Wildman–Crippen LogP) is 2.95.